The van der Waals surface area contributed by atoms with Crippen LogP contribution in [0.3, 0.4) is 0 Å². The van der Waals surface area contributed by atoms with Crippen LogP contribution in [-0.4, -0.2) is 52.6 Å². The van der Waals surface area contributed by atoms with Crippen molar-refractivity contribution in [3.05, 3.63) is 16.8 Å². The third-order valence-electron chi connectivity index (χ3n) is 3.48. The zero-order valence-corrected chi connectivity index (χ0v) is 13.0. The molecule has 1 aliphatic rings. The average Bonchev–Trinajstić information content (AvgIpc) is 3.02. The molecule has 3 atom stereocenters. The van der Waals surface area contributed by atoms with Gasteiger partial charge in [-0.15, -0.1) is 0 Å². The first-order chi connectivity index (χ1) is 10.1. The second-order valence-corrected chi connectivity index (χ2v) is 5.40. The van der Waals surface area contributed by atoms with E-state index in [2.05, 4.69) is 15.0 Å². The number of ether oxygens (including phenoxy) is 3. The summed E-state index contributed by atoms with van der Waals surface area (Å²) in [5.41, 5.74) is 1.03. The van der Waals surface area contributed by atoms with E-state index < -0.39 is 0 Å². The number of imidazole rings is 1. The monoisotopic (exact) mass is 332 g/mol. The maximum absolute atomic E-state index is 6.02. The van der Waals surface area contributed by atoms with Gasteiger partial charge in [0, 0.05) is 20.6 Å². The van der Waals surface area contributed by atoms with Gasteiger partial charge in [-0.1, -0.05) is 11.6 Å². The van der Waals surface area contributed by atoms with Gasteiger partial charge in [0.05, 0.1) is 19.0 Å². The van der Waals surface area contributed by atoms with Gasteiger partial charge in [0.1, 0.15) is 17.8 Å². The summed E-state index contributed by atoms with van der Waals surface area (Å²) in [5, 5.41) is 0.294. The Kier molecular flexibility index (Phi) is 4.28. The van der Waals surface area contributed by atoms with Crippen molar-refractivity contribution < 1.29 is 14.2 Å². The molecular formula is C12H14Cl2N4O3. The van der Waals surface area contributed by atoms with Crippen LogP contribution in [0.5, 0.6) is 0 Å². The lowest BCUT2D eigenvalue weighted by Crippen LogP contribution is -2.27. The number of hydrogen-bond donors (Lipinski definition) is 0. The molecule has 0 amide bonds. The van der Waals surface area contributed by atoms with Crippen molar-refractivity contribution >= 4 is 34.4 Å². The average molecular weight is 333 g/mol. The van der Waals surface area contributed by atoms with Crippen molar-refractivity contribution in [3.63, 3.8) is 0 Å². The summed E-state index contributed by atoms with van der Waals surface area (Å²) < 4.78 is 18.3. The molecule has 1 unspecified atom stereocenters. The van der Waals surface area contributed by atoms with Gasteiger partial charge in [-0.2, -0.15) is 4.98 Å². The number of nitrogens with zero attached hydrogens (tertiary/aromatic N) is 4. The van der Waals surface area contributed by atoms with Gasteiger partial charge in [0.25, 0.3) is 0 Å². The molecule has 0 radical (unpaired) electrons. The van der Waals surface area contributed by atoms with Crippen molar-refractivity contribution in [3.8, 4) is 0 Å². The SMILES string of the molecule is COC[C@H]1O[C@@H](n2cnc3c(Cl)nc(Cl)nc32)CC1OC. The fourth-order valence-electron chi connectivity index (χ4n) is 2.50. The minimum Gasteiger partial charge on any atom is -0.382 e. The Labute approximate surface area is 131 Å². The largest absolute Gasteiger partial charge is 0.382 e. The molecule has 0 aliphatic carbocycles. The van der Waals surface area contributed by atoms with Gasteiger partial charge in [0.15, 0.2) is 10.8 Å². The number of rotatable bonds is 4. The molecule has 0 bridgehead atoms. The third-order valence-corrected chi connectivity index (χ3v) is 3.91. The van der Waals surface area contributed by atoms with E-state index in [1.807, 2.05) is 0 Å². The molecule has 0 spiro atoms. The standard InChI is InChI=1S/C12H14Cl2N4O3/c1-19-4-7-6(20-2)3-8(21-7)18-5-15-9-10(13)16-12(14)17-11(9)18/h5-8H,3-4H2,1-2H3/t6?,7-,8-/m1/s1. The molecule has 1 aliphatic heterocycles. The van der Waals surface area contributed by atoms with E-state index in [1.54, 1.807) is 25.1 Å². The molecule has 2 aromatic heterocycles. The Bertz CT molecular complexity index is 651. The summed E-state index contributed by atoms with van der Waals surface area (Å²) in [4.78, 5) is 12.3. The normalized spacial score (nSPS) is 25.8. The van der Waals surface area contributed by atoms with Crippen molar-refractivity contribution in [2.45, 2.75) is 24.9 Å². The van der Waals surface area contributed by atoms with Gasteiger partial charge >= 0.3 is 0 Å². The van der Waals surface area contributed by atoms with Crippen LogP contribution in [0.4, 0.5) is 0 Å². The maximum atomic E-state index is 6.02. The Morgan fingerprint density at radius 3 is 2.90 bits per heavy atom. The molecule has 0 aromatic carbocycles. The van der Waals surface area contributed by atoms with Crippen molar-refractivity contribution in [2.75, 3.05) is 20.8 Å². The van der Waals surface area contributed by atoms with Crippen LogP contribution in [0, 0.1) is 0 Å². The summed E-state index contributed by atoms with van der Waals surface area (Å²) in [5.74, 6) is 0. The minimum atomic E-state index is -0.262. The van der Waals surface area contributed by atoms with Gasteiger partial charge in [-0.25, -0.2) is 9.97 Å². The molecule has 0 N–H and O–H groups in total. The lowest BCUT2D eigenvalue weighted by Gasteiger charge is -2.16. The smallest absolute Gasteiger partial charge is 0.225 e. The number of aromatic nitrogens is 4. The molecule has 21 heavy (non-hydrogen) atoms. The topological polar surface area (TPSA) is 71.3 Å². The molecule has 3 heterocycles. The number of hydrogen-bond acceptors (Lipinski definition) is 6. The van der Waals surface area contributed by atoms with Gasteiger partial charge in [0.2, 0.25) is 5.28 Å². The molecule has 9 heteroatoms. The molecule has 0 saturated carbocycles. The predicted molar refractivity (Wildman–Crippen MR) is 76.5 cm³/mol. The molecular weight excluding hydrogens is 319 g/mol. The fraction of sp³-hybridized carbons (Fsp3) is 0.583. The lowest BCUT2D eigenvalue weighted by atomic mass is 10.2. The van der Waals surface area contributed by atoms with E-state index in [-0.39, 0.29) is 28.9 Å². The quantitative estimate of drug-likeness (QED) is 0.630. The van der Waals surface area contributed by atoms with E-state index in [9.17, 15) is 0 Å². The Balaban J connectivity index is 1.94. The Morgan fingerprint density at radius 1 is 1.38 bits per heavy atom. The maximum Gasteiger partial charge on any atom is 0.225 e. The number of halogens is 2. The first kappa shape index (κ1) is 14.9. The highest BCUT2D eigenvalue weighted by molar-refractivity contribution is 6.35. The molecule has 7 nitrogen and oxygen atoms in total. The Hall–Kier alpha value is -0.990. The van der Waals surface area contributed by atoms with Crippen LogP contribution in [0.2, 0.25) is 10.4 Å². The zero-order valence-electron chi connectivity index (χ0n) is 11.5. The summed E-state index contributed by atoms with van der Waals surface area (Å²) in [6.45, 7) is 0.456. The van der Waals surface area contributed by atoms with Gasteiger partial charge in [-0.05, 0) is 11.6 Å². The Morgan fingerprint density at radius 2 is 2.19 bits per heavy atom. The summed E-state index contributed by atoms with van der Waals surface area (Å²) in [6, 6.07) is 0. The van der Waals surface area contributed by atoms with Gasteiger partial charge < -0.3 is 14.2 Å². The van der Waals surface area contributed by atoms with Crippen LogP contribution in [0.15, 0.2) is 6.33 Å². The zero-order chi connectivity index (χ0) is 15.0. The molecule has 3 rings (SSSR count). The van der Waals surface area contributed by atoms with Crippen LogP contribution in [0.25, 0.3) is 11.2 Å². The highest BCUT2D eigenvalue weighted by Gasteiger charge is 2.37. The van der Waals surface area contributed by atoms with E-state index in [0.717, 1.165) is 0 Å². The second kappa shape index (κ2) is 6.02. The summed E-state index contributed by atoms with van der Waals surface area (Å²) >= 11 is 11.9. The van der Waals surface area contributed by atoms with Gasteiger partial charge in [-0.3, -0.25) is 4.57 Å². The third kappa shape index (κ3) is 2.72. The second-order valence-electron chi connectivity index (χ2n) is 4.70. The summed E-state index contributed by atoms with van der Waals surface area (Å²) in [7, 11) is 3.28. The molecule has 1 saturated heterocycles. The van der Waals surface area contributed by atoms with Crippen LogP contribution in [-0.2, 0) is 14.2 Å². The van der Waals surface area contributed by atoms with E-state index in [0.29, 0.717) is 24.2 Å². The molecule has 114 valence electrons. The molecule has 2 aromatic rings. The first-order valence-electron chi connectivity index (χ1n) is 6.36. The van der Waals surface area contributed by atoms with Crippen LogP contribution in [0.1, 0.15) is 12.6 Å². The molecule has 1 fully saturated rings. The van der Waals surface area contributed by atoms with E-state index in [1.165, 1.54) is 0 Å². The fourth-order valence-corrected chi connectivity index (χ4v) is 2.92. The van der Waals surface area contributed by atoms with E-state index >= 15 is 0 Å². The van der Waals surface area contributed by atoms with Crippen molar-refractivity contribution in [1.29, 1.82) is 0 Å². The van der Waals surface area contributed by atoms with Crippen molar-refractivity contribution in [2.24, 2.45) is 0 Å². The van der Waals surface area contributed by atoms with E-state index in [4.69, 9.17) is 37.4 Å². The first-order valence-corrected chi connectivity index (χ1v) is 7.12. The predicted octanol–water partition coefficient (Wildman–Crippen LogP) is 2.08. The number of methoxy groups -OCH3 is 2. The lowest BCUT2D eigenvalue weighted by molar-refractivity contribution is -0.0597. The number of fused-ring (bicyclic) bond motifs is 1. The van der Waals surface area contributed by atoms with Crippen molar-refractivity contribution in [1.82, 2.24) is 19.5 Å². The highest BCUT2D eigenvalue weighted by Crippen LogP contribution is 2.33. The van der Waals surface area contributed by atoms with Crippen LogP contribution < -0.4 is 0 Å². The minimum absolute atomic E-state index is 0.0554. The summed E-state index contributed by atoms with van der Waals surface area (Å²) in [6.07, 6.45) is 1.82. The highest BCUT2D eigenvalue weighted by atomic mass is 35.5. The van der Waals surface area contributed by atoms with Crippen LogP contribution >= 0.6 is 23.2 Å².